The standard InChI is InChI=1S/C28H27ClN2O10S2/c1-14(32)37-13-22-23(38-15(2)33)24(39-16(3)34)25(40-17(4)35)27(41-22)43-28-30-21(12-20-6-5-11-42-20)26(36)31(28)19-9-7-18(29)8-10-19/h5-12,22-25,27H,13H2,1-4H3/b21-12-/t22-,23+,24-,25-,27-/m0/s1. The van der Waals surface area contributed by atoms with Gasteiger partial charge in [0, 0.05) is 37.6 Å². The molecule has 0 saturated carbocycles. The largest absolute Gasteiger partial charge is 0.463 e. The number of carbonyl (C=O) groups is 5. The van der Waals surface area contributed by atoms with E-state index in [1.54, 1.807) is 30.3 Å². The first-order valence-corrected chi connectivity index (χ1v) is 15.0. The predicted molar refractivity (Wildman–Crippen MR) is 158 cm³/mol. The van der Waals surface area contributed by atoms with E-state index in [1.165, 1.54) is 23.2 Å². The number of hydrogen-bond donors (Lipinski definition) is 0. The van der Waals surface area contributed by atoms with Crippen molar-refractivity contribution in [3.8, 4) is 0 Å². The second-order valence-electron chi connectivity index (χ2n) is 9.24. The Balaban J connectivity index is 1.78. The fourth-order valence-corrected chi connectivity index (χ4v) is 6.26. The normalized spacial score (nSPS) is 24.3. The molecule has 1 saturated heterocycles. The summed E-state index contributed by atoms with van der Waals surface area (Å²) in [5.74, 6) is -3.32. The number of anilines is 1. The van der Waals surface area contributed by atoms with Crippen LogP contribution < -0.4 is 4.90 Å². The van der Waals surface area contributed by atoms with Crippen LogP contribution in [0.2, 0.25) is 5.02 Å². The zero-order valence-electron chi connectivity index (χ0n) is 23.4. The van der Waals surface area contributed by atoms with Crippen LogP contribution in [0.25, 0.3) is 6.08 Å². The number of amides is 1. The zero-order valence-corrected chi connectivity index (χ0v) is 25.8. The number of thioether (sulfide) groups is 1. The zero-order chi connectivity index (χ0) is 31.3. The average Bonchev–Trinajstić information content (AvgIpc) is 3.54. The summed E-state index contributed by atoms with van der Waals surface area (Å²) in [6.45, 7) is 4.23. The lowest BCUT2D eigenvalue weighted by atomic mass is 9.99. The number of hydrogen-bond acceptors (Lipinski definition) is 13. The van der Waals surface area contributed by atoms with E-state index < -0.39 is 59.6 Å². The number of carbonyl (C=O) groups excluding carboxylic acids is 5. The molecule has 0 spiro atoms. The lowest BCUT2D eigenvalue weighted by Crippen LogP contribution is -2.61. The third-order valence-electron chi connectivity index (χ3n) is 5.91. The van der Waals surface area contributed by atoms with Gasteiger partial charge in [-0.1, -0.05) is 29.4 Å². The molecule has 1 amide bonds. The van der Waals surface area contributed by atoms with Crippen molar-refractivity contribution in [1.82, 2.24) is 0 Å². The van der Waals surface area contributed by atoms with Crippen LogP contribution in [0.5, 0.6) is 0 Å². The van der Waals surface area contributed by atoms with Gasteiger partial charge in [0.2, 0.25) is 0 Å². The molecule has 3 heterocycles. The van der Waals surface area contributed by atoms with Crippen molar-refractivity contribution in [2.24, 2.45) is 4.99 Å². The topological polar surface area (TPSA) is 147 Å². The van der Waals surface area contributed by atoms with Gasteiger partial charge < -0.3 is 23.7 Å². The molecule has 1 aromatic carbocycles. The second kappa shape index (κ2) is 14.2. The highest BCUT2D eigenvalue weighted by Crippen LogP contribution is 2.39. The number of thiophene rings is 1. The van der Waals surface area contributed by atoms with Crippen molar-refractivity contribution in [1.29, 1.82) is 0 Å². The quantitative estimate of drug-likeness (QED) is 0.232. The Morgan fingerprint density at radius 2 is 1.58 bits per heavy atom. The highest BCUT2D eigenvalue weighted by molar-refractivity contribution is 8.14. The molecule has 2 aliphatic heterocycles. The summed E-state index contributed by atoms with van der Waals surface area (Å²) in [7, 11) is 0. The number of rotatable bonds is 8. The third-order valence-corrected chi connectivity index (χ3v) is 8.07. The van der Waals surface area contributed by atoms with Crippen LogP contribution in [0.3, 0.4) is 0 Å². The Hall–Kier alpha value is -3.72. The van der Waals surface area contributed by atoms with Gasteiger partial charge in [0.15, 0.2) is 28.9 Å². The van der Waals surface area contributed by atoms with Crippen LogP contribution in [0.15, 0.2) is 52.5 Å². The Morgan fingerprint density at radius 1 is 0.953 bits per heavy atom. The molecule has 228 valence electrons. The molecular weight excluding hydrogens is 624 g/mol. The van der Waals surface area contributed by atoms with Crippen LogP contribution in [0.4, 0.5) is 5.69 Å². The maximum Gasteiger partial charge on any atom is 0.303 e. The highest BCUT2D eigenvalue weighted by Gasteiger charge is 2.53. The molecule has 1 fully saturated rings. The molecule has 0 bridgehead atoms. The van der Waals surface area contributed by atoms with E-state index in [2.05, 4.69) is 4.99 Å². The average molecular weight is 651 g/mol. The third kappa shape index (κ3) is 8.22. The molecule has 4 rings (SSSR count). The SMILES string of the molecule is CC(=O)OC[C@@H]1O[C@@H](SC2=N/C(=C\c3cccs3)C(=O)N2c2ccc(Cl)cc2)[C@@H](OC(C)=O)[C@@H](OC(C)=O)[C@@H]1OC(C)=O. The van der Waals surface area contributed by atoms with Crippen LogP contribution in [-0.2, 0) is 47.7 Å². The van der Waals surface area contributed by atoms with E-state index >= 15 is 0 Å². The minimum absolute atomic E-state index is 0.130. The van der Waals surface area contributed by atoms with Crippen LogP contribution in [0, 0.1) is 0 Å². The lowest BCUT2D eigenvalue weighted by Gasteiger charge is -2.44. The fraction of sp³-hybridized carbons (Fsp3) is 0.357. The van der Waals surface area contributed by atoms with Crippen molar-refractivity contribution in [2.45, 2.75) is 57.5 Å². The van der Waals surface area contributed by atoms with Gasteiger partial charge in [0.1, 0.15) is 18.4 Å². The van der Waals surface area contributed by atoms with Gasteiger partial charge in [0.05, 0.1) is 5.69 Å². The lowest BCUT2D eigenvalue weighted by molar-refractivity contribution is -0.237. The van der Waals surface area contributed by atoms with E-state index in [0.29, 0.717) is 10.7 Å². The van der Waals surface area contributed by atoms with Crippen LogP contribution in [-0.4, -0.2) is 71.4 Å². The molecule has 15 heteroatoms. The number of halogens is 1. The Morgan fingerprint density at radius 3 is 2.16 bits per heavy atom. The Bertz CT molecular complexity index is 1440. The first kappa shape index (κ1) is 32.2. The Labute approximate surface area is 259 Å². The number of amidine groups is 1. The van der Waals surface area contributed by atoms with E-state index in [9.17, 15) is 24.0 Å². The van der Waals surface area contributed by atoms with E-state index in [1.807, 2.05) is 17.5 Å². The van der Waals surface area contributed by atoms with Gasteiger partial charge in [-0.3, -0.25) is 28.9 Å². The van der Waals surface area contributed by atoms with Gasteiger partial charge >= 0.3 is 23.9 Å². The van der Waals surface area contributed by atoms with E-state index in [-0.39, 0.29) is 17.5 Å². The van der Waals surface area contributed by atoms with Crippen molar-refractivity contribution < 1.29 is 47.7 Å². The maximum atomic E-state index is 13.6. The molecule has 1 aromatic heterocycles. The molecule has 12 nitrogen and oxygen atoms in total. The van der Waals surface area contributed by atoms with Gasteiger partial charge in [-0.05, 0) is 41.8 Å². The first-order chi connectivity index (χ1) is 20.4. The smallest absolute Gasteiger partial charge is 0.303 e. The molecule has 0 N–H and O–H groups in total. The number of esters is 4. The molecule has 2 aromatic rings. The minimum Gasteiger partial charge on any atom is -0.463 e. The fourth-order valence-electron chi connectivity index (χ4n) is 4.29. The Kier molecular flexibility index (Phi) is 10.6. The summed E-state index contributed by atoms with van der Waals surface area (Å²) in [4.78, 5) is 68.4. The summed E-state index contributed by atoms with van der Waals surface area (Å²) in [6, 6.07) is 10.2. The van der Waals surface area contributed by atoms with Gasteiger partial charge in [0.25, 0.3) is 5.91 Å². The van der Waals surface area contributed by atoms with Crippen molar-refractivity contribution >= 4 is 81.4 Å². The number of ether oxygens (including phenoxy) is 5. The number of aliphatic imine (C=N–C) groups is 1. The monoisotopic (exact) mass is 650 g/mol. The molecule has 0 radical (unpaired) electrons. The van der Waals surface area contributed by atoms with Crippen molar-refractivity contribution in [2.75, 3.05) is 11.5 Å². The summed E-state index contributed by atoms with van der Waals surface area (Å²) in [5.41, 5.74) is -0.602. The molecule has 0 unspecified atom stereocenters. The predicted octanol–water partition coefficient (Wildman–Crippen LogP) is 3.96. The minimum atomic E-state index is -1.36. The molecule has 0 aliphatic carbocycles. The highest BCUT2D eigenvalue weighted by atomic mass is 35.5. The van der Waals surface area contributed by atoms with Crippen LogP contribution in [0.1, 0.15) is 32.6 Å². The van der Waals surface area contributed by atoms with Gasteiger partial charge in [-0.15, -0.1) is 11.3 Å². The molecule has 43 heavy (non-hydrogen) atoms. The number of benzene rings is 1. The van der Waals surface area contributed by atoms with Crippen LogP contribution >= 0.6 is 34.7 Å². The summed E-state index contributed by atoms with van der Waals surface area (Å²) in [6.07, 6.45) is -3.52. The van der Waals surface area contributed by atoms with Crippen molar-refractivity contribution in [3.63, 3.8) is 0 Å². The first-order valence-electron chi connectivity index (χ1n) is 12.8. The summed E-state index contributed by atoms with van der Waals surface area (Å²) in [5, 5.41) is 2.46. The summed E-state index contributed by atoms with van der Waals surface area (Å²) >= 11 is 8.41. The molecular formula is C28H27ClN2O10S2. The number of nitrogens with zero attached hydrogens (tertiary/aromatic N) is 2. The maximum absolute atomic E-state index is 13.6. The van der Waals surface area contributed by atoms with E-state index in [4.69, 9.17) is 35.3 Å². The van der Waals surface area contributed by atoms with Gasteiger partial charge in [-0.2, -0.15) is 0 Å². The summed E-state index contributed by atoms with van der Waals surface area (Å²) < 4.78 is 27.8. The molecule has 5 atom stereocenters. The van der Waals surface area contributed by atoms with E-state index in [0.717, 1.165) is 37.4 Å². The van der Waals surface area contributed by atoms with Crippen molar-refractivity contribution in [3.05, 3.63) is 57.4 Å². The second-order valence-corrected chi connectivity index (χ2v) is 11.7. The molecule has 2 aliphatic rings. The van der Waals surface area contributed by atoms with Gasteiger partial charge in [-0.25, -0.2) is 4.99 Å².